The van der Waals surface area contributed by atoms with Crippen LogP contribution in [0.4, 0.5) is 0 Å². The van der Waals surface area contributed by atoms with E-state index in [0.717, 1.165) is 16.5 Å². The van der Waals surface area contributed by atoms with Gasteiger partial charge in [0.05, 0.1) is 26.2 Å². The molecule has 0 aliphatic rings. The van der Waals surface area contributed by atoms with Gasteiger partial charge in [-0.15, -0.1) is 0 Å². The van der Waals surface area contributed by atoms with Crippen molar-refractivity contribution in [1.29, 1.82) is 0 Å². The standard InChI is InChI=1S/C15H15NO4/c1-19-14(17)5-3-4-10-8-12(15(18)20-2)11-6-7-16-13(11)9-10/h3-4,6-9,16H,5H2,1-2H3. The Balaban J connectivity index is 2.35. The average Bonchev–Trinajstić information content (AvgIpc) is 2.93. The summed E-state index contributed by atoms with van der Waals surface area (Å²) in [5, 5.41) is 0.807. The van der Waals surface area contributed by atoms with Gasteiger partial charge in [0.15, 0.2) is 0 Å². The predicted molar refractivity (Wildman–Crippen MR) is 75.3 cm³/mol. The molecule has 1 aromatic heterocycles. The van der Waals surface area contributed by atoms with Crippen molar-refractivity contribution >= 4 is 28.9 Å². The molecule has 5 heteroatoms. The monoisotopic (exact) mass is 273 g/mol. The van der Waals surface area contributed by atoms with E-state index in [1.165, 1.54) is 14.2 Å². The van der Waals surface area contributed by atoms with Crippen LogP contribution < -0.4 is 0 Å². The lowest BCUT2D eigenvalue weighted by molar-refractivity contribution is -0.139. The molecule has 20 heavy (non-hydrogen) atoms. The Hall–Kier alpha value is -2.56. The molecule has 104 valence electrons. The van der Waals surface area contributed by atoms with Crippen molar-refractivity contribution in [3.05, 3.63) is 41.6 Å². The zero-order valence-corrected chi connectivity index (χ0v) is 11.3. The van der Waals surface area contributed by atoms with Crippen LogP contribution in [-0.2, 0) is 14.3 Å². The number of carbonyl (C=O) groups is 2. The number of nitrogens with one attached hydrogen (secondary N) is 1. The molecule has 0 amide bonds. The zero-order chi connectivity index (χ0) is 14.5. The number of aromatic nitrogens is 1. The van der Waals surface area contributed by atoms with Gasteiger partial charge in [-0.1, -0.05) is 12.2 Å². The fourth-order valence-corrected chi connectivity index (χ4v) is 1.94. The van der Waals surface area contributed by atoms with Crippen LogP contribution in [0.5, 0.6) is 0 Å². The van der Waals surface area contributed by atoms with Gasteiger partial charge in [-0.2, -0.15) is 0 Å². The lowest BCUT2D eigenvalue weighted by Crippen LogP contribution is -2.02. The van der Waals surface area contributed by atoms with Crippen molar-refractivity contribution < 1.29 is 19.1 Å². The number of aromatic amines is 1. The highest BCUT2D eigenvalue weighted by atomic mass is 16.5. The van der Waals surface area contributed by atoms with Gasteiger partial charge in [0.2, 0.25) is 0 Å². The second-order valence-corrected chi connectivity index (χ2v) is 4.18. The van der Waals surface area contributed by atoms with E-state index in [0.29, 0.717) is 5.56 Å². The summed E-state index contributed by atoms with van der Waals surface area (Å²) in [7, 11) is 2.69. The van der Waals surface area contributed by atoms with E-state index in [1.54, 1.807) is 24.4 Å². The third-order valence-corrected chi connectivity index (χ3v) is 2.92. The molecule has 2 aromatic rings. The average molecular weight is 273 g/mol. The first-order valence-electron chi connectivity index (χ1n) is 6.08. The Labute approximate surface area is 116 Å². The number of hydrogen-bond donors (Lipinski definition) is 1. The first-order valence-corrected chi connectivity index (χ1v) is 6.08. The molecule has 5 nitrogen and oxygen atoms in total. The van der Waals surface area contributed by atoms with Crippen LogP contribution in [0.15, 0.2) is 30.5 Å². The van der Waals surface area contributed by atoms with E-state index in [1.807, 2.05) is 12.1 Å². The maximum Gasteiger partial charge on any atom is 0.338 e. The second kappa shape index (κ2) is 6.06. The molecule has 0 atom stereocenters. The molecule has 0 aliphatic carbocycles. The van der Waals surface area contributed by atoms with Crippen LogP contribution in [0.2, 0.25) is 0 Å². The fraction of sp³-hybridized carbons (Fsp3) is 0.200. The quantitative estimate of drug-likeness (QED) is 0.869. The summed E-state index contributed by atoms with van der Waals surface area (Å²) in [4.78, 5) is 25.9. The predicted octanol–water partition coefficient (Wildman–Crippen LogP) is 2.53. The third-order valence-electron chi connectivity index (χ3n) is 2.92. The molecular weight excluding hydrogens is 258 g/mol. The molecule has 2 rings (SSSR count). The second-order valence-electron chi connectivity index (χ2n) is 4.18. The number of fused-ring (bicyclic) bond motifs is 1. The molecule has 1 aromatic carbocycles. The maximum absolute atomic E-state index is 11.8. The van der Waals surface area contributed by atoms with E-state index in [9.17, 15) is 9.59 Å². The zero-order valence-electron chi connectivity index (χ0n) is 11.3. The highest BCUT2D eigenvalue weighted by Gasteiger charge is 2.12. The van der Waals surface area contributed by atoms with Gasteiger partial charge < -0.3 is 14.5 Å². The van der Waals surface area contributed by atoms with Gasteiger partial charge in [-0.3, -0.25) is 4.79 Å². The Morgan fingerprint density at radius 2 is 2.05 bits per heavy atom. The molecule has 0 bridgehead atoms. The summed E-state index contributed by atoms with van der Waals surface area (Å²) in [6.45, 7) is 0. The number of benzene rings is 1. The minimum absolute atomic E-state index is 0.187. The van der Waals surface area contributed by atoms with E-state index in [2.05, 4.69) is 9.72 Å². The fourth-order valence-electron chi connectivity index (χ4n) is 1.94. The van der Waals surface area contributed by atoms with Crippen LogP contribution in [0, 0.1) is 0 Å². The number of methoxy groups -OCH3 is 2. The molecule has 1 heterocycles. The van der Waals surface area contributed by atoms with Gasteiger partial charge in [-0.25, -0.2) is 4.79 Å². The highest BCUT2D eigenvalue weighted by molar-refractivity contribution is 6.04. The molecule has 0 unspecified atom stereocenters. The molecule has 0 fully saturated rings. The Morgan fingerprint density at radius 3 is 2.75 bits per heavy atom. The van der Waals surface area contributed by atoms with Crippen LogP contribution in [0.25, 0.3) is 17.0 Å². The molecule has 0 spiro atoms. The lowest BCUT2D eigenvalue weighted by Gasteiger charge is -2.03. The number of ether oxygens (including phenoxy) is 2. The largest absolute Gasteiger partial charge is 0.469 e. The van der Waals surface area contributed by atoms with Crippen molar-refractivity contribution in [3.63, 3.8) is 0 Å². The first-order chi connectivity index (χ1) is 9.65. The van der Waals surface area contributed by atoms with Crippen molar-refractivity contribution in [2.45, 2.75) is 6.42 Å². The molecular formula is C15H15NO4. The molecule has 1 N–H and O–H groups in total. The topological polar surface area (TPSA) is 68.4 Å². The summed E-state index contributed by atoms with van der Waals surface area (Å²) in [5.74, 6) is -0.701. The highest BCUT2D eigenvalue weighted by Crippen LogP contribution is 2.22. The third kappa shape index (κ3) is 2.88. The first kappa shape index (κ1) is 13.9. The van der Waals surface area contributed by atoms with Gasteiger partial charge in [0.25, 0.3) is 0 Å². The number of H-pyrrole nitrogens is 1. The Bertz CT molecular complexity index is 670. The lowest BCUT2D eigenvalue weighted by atomic mass is 10.1. The molecule has 0 saturated heterocycles. The van der Waals surface area contributed by atoms with Crippen LogP contribution in [0.3, 0.4) is 0 Å². The number of rotatable bonds is 4. The van der Waals surface area contributed by atoms with Crippen LogP contribution in [-0.4, -0.2) is 31.1 Å². The number of esters is 2. The Kier molecular flexibility index (Phi) is 4.20. The molecule has 0 saturated carbocycles. The van der Waals surface area contributed by atoms with Crippen molar-refractivity contribution in [1.82, 2.24) is 4.98 Å². The van der Waals surface area contributed by atoms with Crippen LogP contribution >= 0.6 is 0 Å². The summed E-state index contributed by atoms with van der Waals surface area (Å²) in [5.41, 5.74) is 2.14. The minimum Gasteiger partial charge on any atom is -0.469 e. The number of hydrogen-bond acceptors (Lipinski definition) is 4. The van der Waals surface area contributed by atoms with Gasteiger partial charge >= 0.3 is 11.9 Å². The van der Waals surface area contributed by atoms with Gasteiger partial charge in [0.1, 0.15) is 0 Å². The van der Waals surface area contributed by atoms with E-state index >= 15 is 0 Å². The van der Waals surface area contributed by atoms with E-state index < -0.39 is 5.97 Å². The van der Waals surface area contributed by atoms with Crippen LogP contribution in [0.1, 0.15) is 22.3 Å². The summed E-state index contributed by atoms with van der Waals surface area (Å²) >= 11 is 0. The smallest absolute Gasteiger partial charge is 0.338 e. The Morgan fingerprint density at radius 1 is 1.25 bits per heavy atom. The minimum atomic E-state index is -0.391. The normalized spacial score (nSPS) is 10.9. The SMILES string of the molecule is COC(=O)CC=Cc1cc(C(=O)OC)c2cc[nH]c2c1. The van der Waals surface area contributed by atoms with Gasteiger partial charge in [-0.05, 0) is 23.8 Å². The maximum atomic E-state index is 11.8. The molecule has 0 radical (unpaired) electrons. The van der Waals surface area contributed by atoms with Gasteiger partial charge in [0, 0.05) is 17.1 Å². The van der Waals surface area contributed by atoms with E-state index in [4.69, 9.17) is 4.74 Å². The summed E-state index contributed by atoms with van der Waals surface area (Å²) in [6.07, 6.45) is 5.41. The van der Waals surface area contributed by atoms with Crippen molar-refractivity contribution in [2.75, 3.05) is 14.2 Å². The number of carbonyl (C=O) groups excluding carboxylic acids is 2. The van der Waals surface area contributed by atoms with Crippen molar-refractivity contribution in [2.24, 2.45) is 0 Å². The van der Waals surface area contributed by atoms with E-state index in [-0.39, 0.29) is 12.4 Å². The summed E-state index contributed by atoms with van der Waals surface area (Å²) in [6, 6.07) is 5.45. The molecule has 0 aliphatic heterocycles. The summed E-state index contributed by atoms with van der Waals surface area (Å²) < 4.78 is 9.33. The van der Waals surface area contributed by atoms with Crippen molar-refractivity contribution in [3.8, 4) is 0 Å².